The van der Waals surface area contributed by atoms with Crippen molar-refractivity contribution in [2.45, 2.75) is 59.5 Å². The Balaban J connectivity index is 2.65. The maximum Gasteiger partial charge on any atom is 0.325 e. The molecular weight excluding hydrogens is 254 g/mol. The topological polar surface area (TPSA) is 56.2 Å². The highest BCUT2D eigenvalue weighted by atomic mass is 16.5. The maximum absolute atomic E-state index is 11.9. The van der Waals surface area contributed by atoms with Crippen molar-refractivity contribution in [2.24, 2.45) is 0 Å². The molecule has 5 heteroatoms. The zero-order valence-electron chi connectivity index (χ0n) is 13.5. The van der Waals surface area contributed by atoms with Crippen molar-refractivity contribution in [3.05, 3.63) is 17.0 Å². The SMILES string of the molecule is CCNC(C)(CCCn1nc(C)c(C)c1C)C(=O)OC. The monoisotopic (exact) mass is 281 g/mol. The third-order valence-electron chi connectivity index (χ3n) is 3.99. The van der Waals surface area contributed by atoms with Crippen LogP contribution >= 0.6 is 0 Å². The van der Waals surface area contributed by atoms with Crippen molar-refractivity contribution < 1.29 is 9.53 Å². The van der Waals surface area contributed by atoms with Crippen LogP contribution in [-0.4, -0.2) is 34.9 Å². The number of aromatic nitrogens is 2. The Labute approximate surface area is 121 Å². The summed E-state index contributed by atoms with van der Waals surface area (Å²) in [6, 6.07) is 0. The minimum absolute atomic E-state index is 0.205. The number of nitrogens with zero attached hydrogens (tertiary/aromatic N) is 2. The van der Waals surface area contributed by atoms with Crippen molar-refractivity contribution in [3.63, 3.8) is 0 Å². The highest BCUT2D eigenvalue weighted by Gasteiger charge is 2.32. The summed E-state index contributed by atoms with van der Waals surface area (Å²) < 4.78 is 6.92. The Bertz CT molecular complexity index is 468. The van der Waals surface area contributed by atoms with E-state index in [0.29, 0.717) is 0 Å². The molecule has 1 heterocycles. The van der Waals surface area contributed by atoms with Gasteiger partial charge in [-0.3, -0.25) is 9.48 Å². The van der Waals surface area contributed by atoms with Crippen LogP contribution < -0.4 is 5.32 Å². The summed E-state index contributed by atoms with van der Waals surface area (Å²) >= 11 is 0. The quantitative estimate of drug-likeness (QED) is 0.778. The van der Waals surface area contributed by atoms with E-state index in [9.17, 15) is 4.79 Å². The van der Waals surface area contributed by atoms with Crippen LogP contribution in [0.15, 0.2) is 0 Å². The van der Waals surface area contributed by atoms with Crippen LogP contribution in [0.1, 0.15) is 43.6 Å². The van der Waals surface area contributed by atoms with Crippen LogP contribution in [0.5, 0.6) is 0 Å². The predicted octanol–water partition coefficient (Wildman–Crippen LogP) is 2.13. The molecule has 5 nitrogen and oxygen atoms in total. The first-order valence-electron chi connectivity index (χ1n) is 7.19. The van der Waals surface area contributed by atoms with Crippen molar-refractivity contribution >= 4 is 5.97 Å². The van der Waals surface area contributed by atoms with E-state index in [1.165, 1.54) is 18.4 Å². The van der Waals surface area contributed by atoms with Gasteiger partial charge in [0.15, 0.2) is 0 Å². The molecule has 0 bridgehead atoms. The van der Waals surface area contributed by atoms with Crippen molar-refractivity contribution in [1.82, 2.24) is 15.1 Å². The first kappa shape index (κ1) is 16.7. The van der Waals surface area contributed by atoms with Gasteiger partial charge in [-0.15, -0.1) is 0 Å². The lowest BCUT2D eigenvalue weighted by molar-refractivity contribution is -0.148. The summed E-state index contributed by atoms with van der Waals surface area (Å²) in [5.74, 6) is -0.205. The van der Waals surface area contributed by atoms with Gasteiger partial charge in [0.1, 0.15) is 5.54 Å². The summed E-state index contributed by atoms with van der Waals surface area (Å²) in [5.41, 5.74) is 2.90. The number of rotatable bonds is 7. The average Bonchev–Trinajstić information content (AvgIpc) is 2.65. The second-order valence-corrected chi connectivity index (χ2v) is 5.48. The van der Waals surface area contributed by atoms with Crippen LogP contribution in [0.25, 0.3) is 0 Å². The second-order valence-electron chi connectivity index (χ2n) is 5.48. The van der Waals surface area contributed by atoms with Crippen LogP contribution in [0.4, 0.5) is 0 Å². The van der Waals surface area contributed by atoms with Crippen LogP contribution in [0.3, 0.4) is 0 Å². The second kappa shape index (κ2) is 6.88. The number of hydrogen-bond acceptors (Lipinski definition) is 4. The molecule has 0 aliphatic heterocycles. The summed E-state index contributed by atoms with van der Waals surface area (Å²) in [5, 5.41) is 7.74. The molecule has 0 aliphatic carbocycles. The van der Waals surface area contributed by atoms with Gasteiger partial charge in [-0.25, -0.2) is 0 Å². The van der Waals surface area contributed by atoms with Gasteiger partial charge in [0.05, 0.1) is 12.8 Å². The fourth-order valence-electron chi connectivity index (χ4n) is 2.46. The largest absolute Gasteiger partial charge is 0.468 e. The van der Waals surface area contributed by atoms with Gasteiger partial charge in [-0.2, -0.15) is 5.10 Å². The number of aryl methyl sites for hydroxylation is 2. The first-order valence-corrected chi connectivity index (χ1v) is 7.19. The lowest BCUT2D eigenvalue weighted by Crippen LogP contribution is -2.50. The number of methoxy groups -OCH3 is 1. The minimum atomic E-state index is -0.616. The average molecular weight is 281 g/mol. The van der Waals surface area contributed by atoms with E-state index in [-0.39, 0.29) is 5.97 Å². The molecule has 0 amide bonds. The van der Waals surface area contributed by atoms with Gasteiger partial charge in [0.25, 0.3) is 0 Å². The lowest BCUT2D eigenvalue weighted by Gasteiger charge is -2.27. The maximum atomic E-state index is 11.9. The number of ether oxygens (including phenoxy) is 1. The molecule has 0 fully saturated rings. The molecule has 114 valence electrons. The van der Waals surface area contributed by atoms with E-state index >= 15 is 0 Å². The molecule has 0 radical (unpaired) electrons. The highest BCUT2D eigenvalue weighted by Crippen LogP contribution is 2.17. The van der Waals surface area contributed by atoms with E-state index in [1.54, 1.807) is 0 Å². The number of hydrogen-bond donors (Lipinski definition) is 1. The highest BCUT2D eigenvalue weighted by molar-refractivity contribution is 5.80. The molecule has 0 aromatic carbocycles. The third kappa shape index (κ3) is 3.60. The molecule has 1 aromatic rings. The van der Waals surface area contributed by atoms with Gasteiger partial charge in [-0.05, 0) is 52.6 Å². The predicted molar refractivity (Wildman–Crippen MR) is 79.8 cm³/mol. The minimum Gasteiger partial charge on any atom is -0.468 e. The van der Waals surface area contributed by atoms with Crippen LogP contribution in [0, 0.1) is 20.8 Å². The summed E-state index contributed by atoms with van der Waals surface area (Å²) in [7, 11) is 1.43. The summed E-state index contributed by atoms with van der Waals surface area (Å²) in [4.78, 5) is 11.9. The van der Waals surface area contributed by atoms with Crippen molar-refractivity contribution in [3.8, 4) is 0 Å². The van der Waals surface area contributed by atoms with E-state index in [0.717, 1.165) is 31.6 Å². The van der Waals surface area contributed by atoms with E-state index in [1.807, 2.05) is 25.5 Å². The van der Waals surface area contributed by atoms with Crippen LogP contribution in [0.2, 0.25) is 0 Å². The van der Waals surface area contributed by atoms with Crippen molar-refractivity contribution in [1.29, 1.82) is 0 Å². The van der Waals surface area contributed by atoms with Gasteiger partial charge in [0, 0.05) is 12.2 Å². The normalized spacial score (nSPS) is 14.1. The Hall–Kier alpha value is -1.36. The van der Waals surface area contributed by atoms with Gasteiger partial charge < -0.3 is 10.1 Å². The Morgan fingerprint density at radius 1 is 1.40 bits per heavy atom. The Kier molecular flexibility index (Phi) is 5.74. The molecule has 0 aliphatic rings. The number of nitrogens with one attached hydrogen (secondary N) is 1. The lowest BCUT2D eigenvalue weighted by atomic mass is 9.95. The van der Waals surface area contributed by atoms with Gasteiger partial charge in [-0.1, -0.05) is 6.92 Å². The molecule has 20 heavy (non-hydrogen) atoms. The number of carbonyl (C=O) groups is 1. The number of esters is 1. The smallest absolute Gasteiger partial charge is 0.325 e. The third-order valence-corrected chi connectivity index (χ3v) is 3.99. The fraction of sp³-hybridized carbons (Fsp3) is 0.733. The Morgan fingerprint density at radius 2 is 2.05 bits per heavy atom. The van der Waals surface area contributed by atoms with Gasteiger partial charge in [0.2, 0.25) is 0 Å². The van der Waals surface area contributed by atoms with E-state index in [2.05, 4.69) is 24.3 Å². The standard InChI is InChI=1S/C15H27N3O2/c1-7-16-15(5,14(19)20-6)9-8-10-18-13(4)11(2)12(3)17-18/h16H,7-10H2,1-6H3. The van der Waals surface area contributed by atoms with Crippen LogP contribution in [-0.2, 0) is 16.1 Å². The molecular formula is C15H27N3O2. The Morgan fingerprint density at radius 3 is 2.50 bits per heavy atom. The number of carbonyl (C=O) groups excluding carboxylic acids is 1. The molecule has 1 N–H and O–H groups in total. The summed E-state index contributed by atoms with van der Waals surface area (Å²) in [6.07, 6.45) is 1.60. The molecule has 1 aromatic heterocycles. The summed E-state index contributed by atoms with van der Waals surface area (Å²) in [6.45, 7) is 11.6. The molecule has 1 rings (SSSR count). The molecule has 0 spiro atoms. The molecule has 0 saturated heterocycles. The zero-order chi connectivity index (χ0) is 15.3. The van der Waals surface area contributed by atoms with Crippen molar-refractivity contribution in [2.75, 3.05) is 13.7 Å². The van der Waals surface area contributed by atoms with Gasteiger partial charge >= 0.3 is 5.97 Å². The first-order chi connectivity index (χ1) is 9.35. The van der Waals surface area contributed by atoms with E-state index in [4.69, 9.17) is 4.74 Å². The number of likely N-dealkylation sites (N-methyl/N-ethyl adjacent to an activating group) is 1. The molecule has 1 unspecified atom stereocenters. The zero-order valence-corrected chi connectivity index (χ0v) is 13.5. The molecule has 1 atom stereocenters. The fourth-order valence-corrected chi connectivity index (χ4v) is 2.46. The molecule has 0 saturated carbocycles. The van der Waals surface area contributed by atoms with E-state index < -0.39 is 5.54 Å².